The van der Waals surface area contributed by atoms with Crippen molar-refractivity contribution >= 4 is 11.1 Å². The van der Waals surface area contributed by atoms with Crippen LogP contribution in [0.25, 0.3) is 11.1 Å². The average molecular weight is 298 g/mol. The summed E-state index contributed by atoms with van der Waals surface area (Å²) in [6, 6.07) is 16.8. The number of nitrogens with one attached hydrogen (secondary N) is 1. The quantitative estimate of drug-likeness (QED) is 0.682. The first-order valence-corrected chi connectivity index (χ1v) is 7.28. The predicted molar refractivity (Wildman–Crippen MR) is 84.7 cm³/mol. The zero-order valence-corrected chi connectivity index (χ0v) is 12.1. The molecular weight excluding hydrogens is 280 g/mol. The summed E-state index contributed by atoms with van der Waals surface area (Å²) in [5, 5.41) is 13.2. The van der Waals surface area contributed by atoms with Crippen molar-refractivity contribution in [2.75, 3.05) is 13.1 Å². The monoisotopic (exact) mass is 298 g/mol. The molecule has 2 aromatic carbocycles. The molecular formula is C17H18N2O3. The van der Waals surface area contributed by atoms with E-state index in [4.69, 9.17) is 4.42 Å². The number of fused-ring (bicyclic) bond motifs is 1. The lowest BCUT2D eigenvalue weighted by Crippen LogP contribution is -2.28. The van der Waals surface area contributed by atoms with Gasteiger partial charge in [0.25, 0.3) is 0 Å². The molecule has 3 rings (SSSR count). The lowest BCUT2D eigenvalue weighted by atomic mass is 10.1. The fourth-order valence-electron chi connectivity index (χ4n) is 2.45. The van der Waals surface area contributed by atoms with Crippen LogP contribution in [0, 0.1) is 0 Å². The largest absolute Gasteiger partial charge is 0.419 e. The Morgan fingerprint density at radius 2 is 1.82 bits per heavy atom. The predicted octanol–water partition coefficient (Wildman–Crippen LogP) is 1.92. The topological polar surface area (TPSA) is 67.4 Å². The zero-order valence-electron chi connectivity index (χ0n) is 12.1. The van der Waals surface area contributed by atoms with E-state index in [2.05, 4.69) is 5.32 Å². The summed E-state index contributed by atoms with van der Waals surface area (Å²) in [6.07, 6.45) is -0.556. The molecule has 0 saturated carbocycles. The fraction of sp³-hybridized carbons (Fsp3) is 0.235. The molecule has 0 fully saturated rings. The molecule has 0 aliphatic rings. The number of rotatable bonds is 6. The first kappa shape index (κ1) is 14.6. The van der Waals surface area contributed by atoms with Gasteiger partial charge in [0.15, 0.2) is 5.58 Å². The Bertz CT molecular complexity index is 792. The fourth-order valence-corrected chi connectivity index (χ4v) is 2.45. The molecule has 0 spiro atoms. The van der Waals surface area contributed by atoms with Crippen molar-refractivity contribution in [3.05, 3.63) is 70.7 Å². The van der Waals surface area contributed by atoms with Crippen LogP contribution in [0.2, 0.25) is 0 Å². The SMILES string of the molecule is O=c1oc2ccccc2n1CCNC[C@@H](O)c1ccccc1. The van der Waals surface area contributed by atoms with Gasteiger partial charge in [0.2, 0.25) is 0 Å². The Morgan fingerprint density at radius 3 is 2.64 bits per heavy atom. The number of nitrogens with zero attached hydrogens (tertiary/aromatic N) is 1. The Labute approximate surface area is 127 Å². The van der Waals surface area contributed by atoms with Gasteiger partial charge >= 0.3 is 5.76 Å². The number of hydrogen-bond acceptors (Lipinski definition) is 4. The van der Waals surface area contributed by atoms with Crippen molar-refractivity contribution in [2.45, 2.75) is 12.6 Å². The molecule has 3 aromatic rings. The highest BCUT2D eigenvalue weighted by atomic mass is 16.4. The molecule has 5 nitrogen and oxygen atoms in total. The van der Waals surface area contributed by atoms with Gasteiger partial charge in [-0.1, -0.05) is 42.5 Å². The zero-order chi connectivity index (χ0) is 15.4. The first-order valence-electron chi connectivity index (χ1n) is 7.28. The number of aliphatic hydroxyl groups excluding tert-OH is 1. The van der Waals surface area contributed by atoms with E-state index in [-0.39, 0.29) is 5.76 Å². The van der Waals surface area contributed by atoms with E-state index in [1.54, 1.807) is 10.6 Å². The molecule has 0 aliphatic heterocycles. The van der Waals surface area contributed by atoms with Crippen LogP contribution in [0.1, 0.15) is 11.7 Å². The number of hydrogen-bond donors (Lipinski definition) is 2. The van der Waals surface area contributed by atoms with Gasteiger partial charge in [-0.15, -0.1) is 0 Å². The van der Waals surface area contributed by atoms with Crippen molar-refractivity contribution in [3.8, 4) is 0 Å². The molecule has 0 amide bonds. The highest BCUT2D eigenvalue weighted by Crippen LogP contribution is 2.12. The molecule has 0 radical (unpaired) electrons. The van der Waals surface area contributed by atoms with E-state index in [1.165, 1.54) is 0 Å². The van der Waals surface area contributed by atoms with Crippen LogP contribution in [0.15, 0.2) is 63.8 Å². The number of aromatic nitrogens is 1. The maximum absolute atomic E-state index is 11.8. The van der Waals surface area contributed by atoms with Crippen LogP contribution >= 0.6 is 0 Å². The molecule has 22 heavy (non-hydrogen) atoms. The highest BCUT2D eigenvalue weighted by molar-refractivity contribution is 5.72. The van der Waals surface area contributed by atoms with Gasteiger partial charge in [0, 0.05) is 19.6 Å². The van der Waals surface area contributed by atoms with Crippen molar-refractivity contribution in [3.63, 3.8) is 0 Å². The minimum atomic E-state index is -0.556. The van der Waals surface area contributed by atoms with Gasteiger partial charge < -0.3 is 14.8 Å². The standard InChI is InChI=1S/C17H18N2O3/c20-15(13-6-2-1-3-7-13)12-18-10-11-19-14-8-4-5-9-16(14)22-17(19)21/h1-9,15,18,20H,10-12H2/t15-/m1/s1. The van der Waals surface area contributed by atoms with Crippen LogP contribution in [0.5, 0.6) is 0 Å². The Balaban J connectivity index is 1.57. The molecule has 1 heterocycles. The Hall–Kier alpha value is -2.37. The summed E-state index contributed by atoms with van der Waals surface area (Å²) in [5.41, 5.74) is 2.26. The molecule has 1 atom stereocenters. The highest BCUT2D eigenvalue weighted by Gasteiger charge is 2.09. The van der Waals surface area contributed by atoms with Gasteiger partial charge in [-0.05, 0) is 17.7 Å². The lowest BCUT2D eigenvalue weighted by Gasteiger charge is -2.12. The van der Waals surface area contributed by atoms with Gasteiger partial charge in [-0.3, -0.25) is 4.57 Å². The molecule has 0 saturated heterocycles. The number of benzene rings is 2. The molecule has 0 aliphatic carbocycles. The summed E-state index contributed by atoms with van der Waals surface area (Å²) in [4.78, 5) is 11.8. The molecule has 5 heteroatoms. The molecule has 0 bridgehead atoms. The average Bonchev–Trinajstić information content (AvgIpc) is 2.88. The summed E-state index contributed by atoms with van der Waals surface area (Å²) < 4.78 is 6.77. The lowest BCUT2D eigenvalue weighted by molar-refractivity contribution is 0.174. The first-order chi connectivity index (χ1) is 10.8. The maximum Gasteiger partial charge on any atom is 0.419 e. The summed E-state index contributed by atoms with van der Waals surface area (Å²) in [5.74, 6) is -0.355. The minimum absolute atomic E-state index is 0.355. The summed E-state index contributed by atoms with van der Waals surface area (Å²) >= 11 is 0. The van der Waals surface area contributed by atoms with E-state index < -0.39 is 6.10 Å². The second-order valence-electron chi connectivity index (χ2n) is 5.12. The third-order valence-electron chi connectivity index (χ3n) is 3.61. The summed E-state index contributed by atoms with van der Waals surface area (Å²) in [6.45, 7) is 1.51. The summed E-state index contributed by atoms with van der Waals surface area (Å²) in [7, 11) is 0. The second-order valence-corrected chi connectivity index (χ2v) is 5.12. The van der Waals surface area contributed by atoms with Gasteiger partial charge in [-0.2, -0.15) is 0 Å². The Morgan fingerprint density at radius 1 is 1.09 bits per heavy atom. The van der Waals surface area contributed by atoms with Crippen molar-refractivity contribution in [1.29, 1.82) is 0 Å². The van der Waals surface area contributed by atoms with Gasteiger partial charge in [-0.25, -0.2) is 4.79 Å². The second kappa shape index (κ2) is 6.60. The van der Waals surface area contributed by atoms with Crippen LogP contribution in [-0.4, -0.2) is 22.8 Å². The van der Waals surface area contributed by atoms with Crippen LogP contribution in [-0.2, 0) is 6.54 Å². The van der Waals surface area contributed by atoms with Crippen molar-refractivity contribution in [2.24, 2.45) is 0 Å². The molecule has 1 aromatic heterocycles. The van der Waals surface area contributed by atoms with Crippen LogP contribution in [0.3, 0.4) is 0 Å². The third kappa shape index (κ3) is 3.10. The van der Waals surface area contributed by atoms with Gasteiger partial charge in [0.05, 0.1) is 11.6 Å². The normalized spacial score (nSPS) is 12.6. The smallest absolute Gasteiger partial charge is 0.408 e. The van der Waals surface area contributed by atoms with E-state index in [0.29, 0.717) is 25.2 Å². The van der Waals surface area contributed by atoms with E-state index in [0.717, 1.165) is 11.1 Å². The van der Waals surface area contributed by atoms with E-state index >= 15 is 0 Å². The van der Waals surface area contributed by atoms with Gasteiger partial charge in [0.1, 0.15) is 0 Å². The number of aliphatic hydroxyl groups is 1. The third-order valence-corrected chi connectivity index (χ3v) is 3.61. The van der Waals surface area contributed by atoms with E-state index in [1.807, 2.05) is 48.5 Å². The molecule has 0 unspecified atom stereocenters. The Kier molecular flexibility index (Phi) is 4.37. The van der Waals surface area contributed by atoms with Crippen molar-refractivity contribution < 1.29 is 9.52 Å². The molecule has 2 N–H and O–H groups in total. The number of para-hydroxylation sites is 2. The van der Waals surface area contributed by atoms with Crippen LogP contribution in [0.4, 0.5) is 0 Å². The van der Waals surface area contributed by atoms with Crippen LogP contribution < -0.4 is 11.1 Å². The van der Waals surface area contributed by atoms with E-state index in [9.17, 15) is 9.90 Å². The minimum Gasteiger partial charge on any atom is -0.408 e. The maximum atomic E-state index is 11.8. The van der Waals surface area contributed by atoms with Crippen molar-refractivity contribution in [1.82, 2.24) is 9.88 Å². The number of oxazole rings is 1. The molecule has 114 valence electrons.